The summed E-state index contributed by atoms with van der Waals surface area (Å²) >= 11 is 1.99. The molecule has 0 spiro atoms. The summed E-state index contributed by atoms with van der Waals surface area (Å²) in [6.45, 7) is 0.842. The molecule has 106 valence electrons. The minimum atomic E-state index is -0.530. The number of carbonyl (C=O) groups excluding carboxylic acids is 1. The van der Waals surface area contributed by atoms with Crippen LogP contribution in [0.15, 0.2) is 12.1 Å². The van der Waals surface area contributed by atoms with E-state index in [0.717, 1.165) is 6.54 Å². The number of pyridine rings is 1. The van der Waals surface area contributed by atoms with Gasteiger partial charge in [-0.2, -0.15) is 17.0 Å². The Morgan fingerprint density at radius 1 is 1.55 bits per heavy atom. The molecule has 2 rings (SSSR count). The number of nitriles is 1. The highest BCUT2D eigenvalue weighted by Crippen LogP contribution is 2.23. The largest absolute Gasteiger partial charge is 0.464 e. The van der Waals surface area contributed by atoms with Crippen LogP contribution in [-0.2, 0) is 4.74 Å². The number of thioether (sulfide) groups is 1. The van der Waals surface area contributed by atoms with Gasteiger partial charge in [-0.15, -0.1) is 0 Å². The summed E-state index contributed by atoms with van der Waals surface area (Å²) in [6, 6.07) is 5.31. The normalized spacial score (nSPS) is 15.4. The molecule has 0 atom stereocenters. The summed E-state index contributed by atoms with van der Waals surface area (Å²) < 4.78 is 4.60. The van der Waals surface area contributed by atoms with Crippen molar-refractivity contribution in [1.29, 1.82) is 5.26 Å². The Morgan fingerprint density at radius 2 is 2.30 bits per heavy atom. The predicted octanol–water partition coefficient (Wildman–Crippen LogP) is 2.29. The van der Waals surface area contributed by atoms with Gasteiger partial charge in [0.05, 0.1) is 12.8 Å². The Balaban J connectivity index is 2.04. The summed E-state index contributed by atoms with van der Waals surface area (Å²) in [6.07, 6.45) is 2.40. The Kier molecular flexibility index (Phi) is 5.24. The van der Waals surface area contributed by atoms with Crippen molar-refractivity contribution >= 4 is 23.4 Å². The zero-order valence-corrected chi connectivity index (χ0v) is 12.2. The number of hydrogen-bond donors (Lipinski definition) is 1. The molecule has 0 aromatic carbocycles. The van der Waals surface area contributed by atoms with Crippen LogP contribution in [0.2, 0.25) is 0 Å². The van der Waals surface area contributed by atoms with Gasteiger partial charge in [0.25, 0.3) is 0 Å². The molecule has 0 bridgehead atoms. The van der Waals surface area contributed by atoms with Gasteiger partial charge < -0.3 is 10.1 Å². The quantitative estimate of drug-likeness (QED) is 0.858. The molecule has 1 N–H and O–H groups in total. The topological polar surface area (TPSA) is 75.0 Å². The average molecular weight is 291 g/mol. The molecule has 5 nitrogen and oxygen atoms in total. The summed E-state index contributed by atoms with van der Waals surface area (Å²) in [5.74, 6) is 2.52. The second-order valence-electron chi connectivity index (χ2n) is 4.63. The third-order valence-corrected chi connectivity index (χ3v) is 4.37. The van der Waals surface area contributed by atoms with Gasteiger partial charge in [0, 0.05) is 6.54 Å². The molecule has 0 amide bonds. The maximum atomic E-state index is 11.4. The number of carbonyl (C=O) groups is 1. The first kappa shape index (κ1) is 14.7. The molecular formula is C14H17N3O2S. The first-order chi connectivity index (χ1) is 9.74. The predicted molar refractivity (Wildman–Crippen MR) is 78.8 cm³/mol. The molecule has 1 fully saturated rings. The van der Waals surface area contributed by atoms with Crippen LogP contribution in [0.1, 0.15) is 29.0 Å². The number of rotatable bonds is 4. The highest BCUT2D eigenvalue weighted by atomic mass is 32.2. The van der Waals surface area contributed by atoms with Gasteiger partial charge in [-0.1, -0.05) is 0 Å². The highest BCUT2D eigenvalue weighted by molar-refractivity contribution is 7.99. The maximum Gasteiger partial charge on any atom is 0.356 e. The number of nitrogens with one attached hydrogen (secondary N) is 1. The van der Waals surface area contributed by atoms with Gasteiger partial charge in [-0.25, -0.2) is 9.78 Å². The van der Waals surface area contributed by atoms with Gasteiger partial charge in [0.1, 0.15) is 11.8 Å². The second kappa shape index (κ2) is 7.15. The second-order valence-corrected chi connectivity index (χ2v) is 5.86. The van der Waals surface area contributed by atoms with Crippen molar-refractivity contribution in [2.75, 3.05) is 30.5 Å². The fourth-order valence-corrected chi connectivity index (χ4v) is 3.31. The van der Waals surface area contributed by atoms with E-state index < -0.39 is 5.97 Å². The molecule has 0 saturated carbocycles. The first-order valence-electron chi connectivity index (χ1n) is 6.55. The molecule has 0 unspecified atom stereocenters. The minimum Gasteiger partial charge on any atom is -0.464 e. The lowest BCUT2D eigenvalue weighted by Gasteiger charge is -2.22. The van der Waals surface area contributed by atoms with Gasteiger partial charge in [0.2, 0.25) is 0 Å². The standard InChI is InChI=1S/C14H17N3O2S/c1-19-14(18)12-3-2-11(13(8-15)17-12)16-9-10-4-6-20-7-5-10/h2-3,10,16H,4-7,9H2,1H3. The number of hydrogen-bond acceptors (Lipinski definition) is 6. The van der Waals surface area contributed by atoms with Crippen molar-refractivity contribution in [2.45, 2.75) is 12.8 Å². The Hall–Kier alpha value is -1.74. The monoisotopic (exact) mass is 291 g/mol. The van der Waals surface area contributed by atoms with Crippen LogP contribution in [0.25, 0.3) is 0 Å². The summed E-state index contributed by atoms with van der Waals surface area (Å²) in [5.41, 5.74) is 1.07. The number of nitrogens with zero attached hydrogens (tertiary/aromatic N) is 2. The molecule has 20 heavy (non-hydrogen) atoms. The zero-order chi connectivity index (χ0) is 14.4. The van der Waals surface area contributed by atoms with Crippen molar-refractivity contribution in [3.63, 3.8) is 0 Å². The third-order valence-electron chi connectivity index (χ3n) is 3.32. The lowest BCUT2D eigenvalue weighted by Crippen LogP contribution is -2.20. The van der Waals surface area contributed by atoms with Gasteiger partial charge in [-0.3, -0.25) is 0 Å². The molecular weight excluding hydrogens is 274 g/mol. The van der Waals surface area contributed by atoms with Crippen molar-refractivity contribution in [1.82, 2.24) is 4.98 Å². The van der Waals surface area contributed by atoms with Gasteiger partial charge in [-0.05, 0) is 42.4 Å². The van der Waals surface area contributed by atoms with Gasteiger partial charge in [0.15, 0.2) is 5.69 Å². The summed E-state index contributed by atoms with van der Waals surface area (Å²) in [7, 11) is 1.29. The van der Waals surface area contributed by atoms with Crippen molar-refractivity contribution < 1.29 is 9.53 Å². The molecule has 0 aliphatic carbocycles. The molecule has 0 radical (unpaired) electrons. The number of esters is 1. The third kappa shape index (κ3) is 3.64. The van der Waals surface area contributed by atoms with E-state index in [-0.39, 0.29) is 11.4 Å². The van der Waals surface area contributed by atoms with Gasteiger partial charge >= 0.3 is 5.97 Å². The molecule has 1 saturated heterocycles. The maximum absolute atomic E-state index is 11.4. The number of aromatic nitrogens is 1. The van der Waals surface area contributed by atoms with E-state index in [2.05, 4.69) is 15.0 Å². The van der Waals surface area contributed by atoms with Crippen molar-refractivity contribution in [2.24, 2.45) is 5.92 Å². The zero-order valence-electron chi connectivity index (χ0n) is 11.4. The Morgan fingerprint density at radius 3 is 2.95 bits per heavy atom. The molecule has 1 aromatic heterocycles. The number of anilines is 1. The van der Waals surface area contributed by atoms with E-state index in [1.54, 1.807) is 12.1 Å². The lowest BCUT2D eigenvalue weighted by atomic mass is 10.0. The first-order valence-corrected chi connectivity index (χ1v) is 7.71. The molecule has 1 aromatic rings. The summed E-state index contributed by atoms with van der Waals surface area (Å²) in [5, 5.41) is 12.4. The van der Waals surface area contributed by atoms with Crippen LogP contribution in [0, 0.1) is 17.2 Å². The average Bonchev–Trinajstić information content (AvgIpc) is 2.53. The molecule has 2 heterocycles. The van der Waals surface area contributed by atoms with Crippen molar-refractivity contribution in [3.05, 3.63) is 23.5 Å². The van der Waals surface area contributed by atoms with E-state index >= 15 is 0 Å². The smallest absolute Gasteiger partial charge is 0.356 e. The van der Waals surface area contributed by atoms with E-state index in [9.17, 15) is 4.79 Å². The molecule has 6 heteroatoms. The van der Waals surface area contributed by atoms with Crippen LogP contribution < -0.4 is 5.32 Å². The van der Waals surface area contributed by atoms with E-state index in [4.69, 9.17) is 5.26 Å². The SMILES string of the molecule is COC(=O)c1ccc(NCC2CCSCC2)c(C#N)n1. The van der Waals surface area contributed by atoms with Crippen LogP contribution in [-0.4, -0.2) is 36.1 Å². The molecule has 1 aliphatic rings. The Bertz CT molecular complexity index is 522. The lowest BCUT2D eigenvalue weighted by molar-refractivity contribution is 0.0594. The summed E-state index contributed by atoms with van der Waals surface area (Å²) in [4.78, 5) is 15.4. The highest BCUT2D eigenvalue weighted by Gasteiger charge is 2.15. The Labute approximate surface area is 122 Å². The number of ether oxygens (including phenoxy) is 1. The van der Waals surface area contributed by atoms with E-state index in [1.165, 1.54) is 31.5 Å². The van der Waals surface area contributed by atoms with Crippen LogP contribution in [0.4, 0.5) is 5.69 Å². The van der Waals surface area contributed by atoms with Crippen LogP contribution in [0.5, 0.6) is 0 Å². The fourth-order valence-electron chi connectivity index (χ4n) is 2.11. The van der Waals surface area contributed by atoms with Crippen LogP contribution in [0.3, 0.4) is 0 Å². The fraction of sp³-hybridized carbons (Fsp3) is 0.500. The van der Waals surface area contributed by atoms with Crippen molar-refractivity contribution in [3.8, 4) is 6.07 Å². The van der Waals surface area contributed by atoms with E-state index in [0.29, 0.717) is 11.6 Å². The minimum absolute atomic E-state index is 0.156. The van der Waals surface area contributed by atoms with Crippen LogP contribution >= 0.6 is 11.8 Å². The van der Waals surface area contributed by atoms with E-state index in [1.807, 2.05) is 17.8 Å². The number of methoxy groups -OCH3 is 1. The molecule has 1 aliphatic heterocycles.